The number of rotatable bonds is 4. The maximum Gasteiger partial charge on any atom is 0.252 e. The minimum absolute atomic E-state index is 0.0322. The summed E-state index contributed by atoms with van der Waals surface area (Å²) in [5.41, 5.74) is 0.949. The molecule has 2 heterocycles. The van der Waals surface area contributed by atoms with Crippen LogP contribution in [0.2, 0.25) is 0 Å². The molecule has 0 atom stereocenters. The molecule has 3 rings (SSSR count). The maximum absolute atomic E-state index is 13.9. The first-order valence-corrected chi connectivity index (χ1v) is 8.27. The number of pyridine rings is 1. The van der Waals surface area contributed by atoms with Gasteiger partial charge in [-0.25, -0.2) is 8.78 Å². The van der Waals surface area contributed by atoms with Gasteiger partial charge >= 0.3 is 0 Å². The van der Waals surface area contributed by atoms with Crippen LogP contribution in [0, 0.1) is 30.5 Å². The number of aromatic nitrogens is 4. The van der Waals surface area contributed by atoms with Crippen molar-refractivity contribution in [1.82, 2.24) is 19.7 Å². The molecular weight excluding hydrogens is 386 g/mol. The summed E-state index contributed by atoms with van der Waals surface area (Å²) in [4.78, 5) is 12.8. The summed E-state index contributed by atoms with van der Waals surface area (Å²) in [5, 5.41) is 10.2. The number of hydrogen-bond acceptors (Lipinski definition) is 5. The van der Waals surface area contributed by atoms with E-state index in [1.165, 1.54) is 11.5 Å². The molecule has 0 aliphatic heterocycles. The lowest BCUT2D eigenvalue weighted by atomic mass is 10.2. The number of benzene rings is 1. The highest BCUT2D eigenvalue weighted by atomic mass is 32.2. The highest BCUT2D eigenvalue weighted by molar-refractivity contribution is 7.99. The predicted molar refractivity (Wildman–Crippen MR) is 88.6 cm³/mol. The molecule has 140 valence electrons. The van der Waals surface area contributed by atoms with Crippen molar-refractivity contribution in [2.75, 3.05) is 5.32 Å². The molecule has 1 aromatic carbocycles. The van der Waals surface area contributed by atoms with Gasteiger partial charge in [-0.2, -0.15) is 13.8 Å². The molecule has 0 aliphatic rings. The number of carbonyl (C=O) groups is 1. The van der Waals surface area contributed by atoms with Crippen LogP contribution in [0.5, 0.6) is 0 Å². The Labute approximate surface area is 154 Å². The van der Waals surface area contributed by atoms with Crippen LogP contribution in [-0.4, -0.2) is 25.7 Å². The van der Waals surface area contributed by atoms with Gasteiger partial charge in [0.25, 0.3) is 11.9 Å². The SMILES string of the molecule is CC(=O)Nc1cccc(-n2c(C)nnc2Sc2c(F)c(F)nc(F)c2F)c1. The molecular formula is C16H11F4N5OS. The Morgan fingerprint density at radius 1 is 1.11 bits per heavy atom. The lowest BCUT2D eigenvalue weighted by molar-refractivity contribution is -0.114. The smallest absolute Gasteiger partial charge is 0.252 e. The Morgan fingerprint density at radius 3 is 2.41 bits per heavy atom. The molecule has 0 saturated carbocycles. The zero-order valence-corrected chi connectivity index (χ0v) is 14.7. The molecule has 0 bridgehead atoms. The first-order valence-electron chi connectivity index (χ1n) is 7.45. The van der Waals surface area contributed by atoms with E-state index in [0.29, 0.717) is 29.0 Å². The average Bonchev–Trinajstić information content (AvgIpc) is 2.97. The largest absolute Gasteiger partial charge is 0.326 e. The van der Waals surface area contributed by atoms with Crippen molar-refractivity contribution in [3.05, 3.63) is 53.6 Å². The molecule has 2 aromatic heterocycles. The molecule has 1 amide bonds. The molecule has 0 unspecified atom stereocenters. The number of halogens is 4. The van der Waals surface area contributed by atoms with Crippen molar-refractivity contribution in [2.45, 2.75) is 23.9 Å². The molecule has 6 nitrogen and oxygen atoms in total. The summed E-state index contributed by atoms with van der Waals surface area (Å²) in [6.45, 7) is 2.93. The van der Waals surface area contributed by atoms with Crippen molar-refractivity contribution in [2.24, 2.45) is 0 Å². The Bertz CT molecular complexity index is 1010. The molecule has 1 N–H and O–H groups in total. The van der Waals surface area contributed by atoms with Crippen LogP contribution in [-0.2, 0) is 4.79 Å². The fraction of sp³-hybridized carbons (Fsp3) is 0.125. The number of hydrogen-bond donors (Lipinski definition) is 1. The Hall–Kier alpha value is -2.95. The lowest BCUT2D eigenvalue weighted by Crippen LogP contribution is -2.07. The Morgan fingerprint density at radius 2 is 1.78 bits per heavy atom. The van der Waals surface area contributed by atoms with E-state index < -0.39 is 28.4 Å². The summed E-state index contributed by atoms with van der Waals surface area (Å²) in [7, 11) is 0. The molecule has 0 radical (unpaired) electrons. The first kappa shape index (κ1) is 18.8. The highest BCUT2D eigenvalue weighted by Crippen LogP contribution is 2.34. The second-order valence-electron chi connectivity index (χ2n) is 5.35. The van der Waals surface area contributed by atoms with E-state index in [2.05, 4.69) is 20.5 Å². The lowest BCUT2D eigenvalue weighted by Gasteiger charge is -2.11. The molecule has 0 spiro atoms. The standard InChI is InChI=1S/C16H11F4N5OS/c1-7-23-24-16(27-13-11(17)14(19)22-15(20)12(13)18)25(7)10-5-3-4-9(6-10)21-8(2)26/h3-6H,1-2H3,(H,21,26). The van der Waals surface area contributed by atoms with Gasteiger partial charge in [0.15, 0.2) is 11.6 Å². The summed E-state index contributed by atoms with van der Waals surface area (Å²) in [5.74, 6) is -6.70. The van der Waals surface area contributed by atoms with Gasteiger partial charge in [0.2, 0.25) is 11.1 Å². The Kier molecular flexibility index (Phi) is 5.13. The molecule has 0 saturated heterocycles. The summed E-state index contributed by atoms with van der Waals surface area (Å²) < 4.78 is 55.9. The van der Waals surface area contributed by atoms with Gasteiger partial charge in [-0.15, -0.1) is 10.2 Å². The van der Waals surface area contributed by atoms with Crippen molar-refractivity contribution >= 4 is 23.4 Å². The number of carbonyl (C=O) groups excluding carboxylic acids is 1. The molecule has 11 heteroatoms. The van der Waals surface area contributed by atoms with Crippen LogP contribution in [0.4, 0.5) is 23.2 Å². The number of amides is 1. The molecule has 0 fully saturated rings. The van der Waals surface area contributed by atoms with E-state index in [1.807, 2.05) is 0 Å². The number of nitrogens with one attached hydrogen (secondary N) is 1. The highest BCUT2D eigenvalue weighted by Gasteiger charge is 2.24. The normalized spacial score (nSPS) is 10.9. The molecule has 27 heavy (non-hydrogen) atoms. The third-order valence-electron chi connectivity index (χ3n) is 3.37. The third kappa shape index (κ3) is 3.77. The van der Waals surface area contributed by atoms with Gasteiger partial charge in [0.05, 0.1) is 10.6 Å². The second kappa shape index (κ2) is 7.35. The summed E-state index contributed by atoms with van der Waals surface area (Å²) in [6, 6.07) is 6.51. The first-order chi connectivity index (χ1) is 12.8. The average molecular weight is 397 g/mol. The minimum atomic E-state index is -1.76. The maximum atomic E-state index is 13.9. The zero-order chi connectivity index (χ0) is 19.7. The monoisotopic (exact) mass is 397 g/mol. The van der Waals surface area contributed by atoms with Gasteiger partial charge < -0.3 is 5.32 Å². The van der Waals surface area contributed by atoms with Crippen molar-refractivity contribution in [3.8, 4) is 5.69 Å². The van der Waals surface area contributed by atoms with Crippen LogP contribution in [0.3, 0.4) is 0 Å². The zero-order valence-electron chi connectivity index (χ0n) is 13.9. The topological polar surface area (TPSA) is 72.7 Å². The molecule has 3 aromatic rings. The van der Waals surface area contributed by atoms with Crippen LogP contribution >= 0.6 is 11.8 Å². The summed E-state index contributed by atoms with van der Waals surface area (Å²) >= 11 is 0.363. The minimum Gasteiger partial charge on any atom is -0.326 e. The Balaban J connectivity index is 2.06. The van der Waals surface area contributed by atoms with E-state index >= 15 is 0 Å². The second-order valence-corrected chi connectivity index (χ2v) is 6.33. The van der Waals surface area contributed by atoms with Gasteiger partial charge in [-0.3, -0.25) is 9.36 Å². The fourth-order valence-electron chi connectivity index (χ4n) is 2.28. The van der Waals surface area contributed by atoms with E-state index in [1.54, 1.807) is 31.2 Å². The number of aryl methyl sites for hydroxylation is 1. The van der Waals surface area contributed by atoms with Gasteiger partial charge in [-0.05, 0) is 36.9 Å². The van der Waals surface area contributed by atoms with E-state index in [4.69, 9.17) is 0 Å². The third-order valence-corrected chi connectivity index (χ3v) is 4.38. The van der Waals surface area contributed by atoms with Gasteiger partial charge in [0, 0.05) is 12.6 Å². The van der Waals surface area contributed by atoms with Crippen LogP contribution in [0.25, 0.3) is 5.69 Å². The van der Waals surface area contributed by atoms with E-state index in [9.17, 15) is 22.4 Å². The van der Waals surface area contributed by atoms with Crippen molar-refractivity contribution in [1.29, 1.82) is 0 Å². The van der Waals surface area contributed by atoms with E-state index in [0.717, 1.165) is 0 Å². The van der Waals surface area contributed by atoms with Crippen molar-refractivity contribution < 1.29 is 22.4 Å². The quantitative estimate of drug-likeness (QED) is 0.538. The van der Waals surface area contributed by atoms with Gasteiger partial charge in [-0.1, -0.05) is 6.07 Å². The number of anilines is 1. The van der Waals surface area contributed by atoms with Gasteiger partial charge in [0.1, 0.15) is 5.82 Å². The predicted octanol–water partition coefficient (Wildman–Crippen LogP) is 3.64. The summed E-state index contributed by atoms with van der Waals surface area (Å²) in [6.07, 6.45) is 0. The fourth-order valence-corrected chi connectivity index (χ4v) is 3.22. The van der Waals surface area contributed by atoms with Crippen LogP contribution in [0.15, 0.2) is 34.3 Å². The van der Waals surface area contributed by atoms with Crippen LogP contribution < -0.4 is 5.32 Å². The van der Waals surface area contributed by atoms with E-state index in [-0.39, 0.29) is 11.1 Å². The van der Waals surface area contributed by atoms with Crippen molar-refractivity contribution in [3.63, 3.8) is 0 Å². The van der Waals surface area contributed by atoms with Crippen LogP contribution in [0.1, 0.15) is 12.7 Å². The number of nitrogens with zero attached hydrogens (tertiary/aromatic N) is 4. The molecule has 0 aliphatic carbocycles.